The van der Waals surface area contributed by atoms with Gasteiger partial charge < -0.3 is 9.16 Å². The summed E-state index contributed by atoms with van der Waals surface area (Å²) in [6.07, 6.45) is 4.77. The zero-order valence-corrected chi connectivity index (χ0v) is 11.0. The van der Waals surface area contributed by atoms with Gasteiger partial charge in [-0.3, -0.25) is 9.59 Å². The first-order valence-electron chi connectivity index (χ1n) is 5.39. The molecule has 5 heteroatoms. The summed E-state index contributed by atoms with van der Waals surface area (Å²) >= 11 is 0. The van der Waals surface area contributed by atoms with E-state index in [1.54, 1.807) is 7.11 Å². The standard InChI is InChI=1S/C11H18O4Si/c1-14-16(2,3)7-5-4-6-9-8-10(12)15-11(9)13/h4-5,9H,6-8H2,1-3H3. The van der Waals surface area contributed by atoms with E-state index in [2.05, 4.69) is 17.8 Å². The molecule has 0 aliphatic carbocycles. The van der Waals surface area contributed by atoms with Crippen LogP contribution >= 0.6 is 0 Å². The van der Waals surface area contributed by atoms with Crippen molar-refractivity contribution in [2.45, 2.75) is 32.0 Å². The molecule has 0 radical (unpaired) electrons. The van der Waals surface area contributed by atoms with Crippen LogP contribution in [0, 0.1) is 5.92 Å². The minimum atomic E-state index is -1.55. The fourth-order valence-corrected chi connectivity index (χ4v) is 2.31. The van der Waals surface area contributed by atoms with Crippen molar-refractivity contribution in [3.63, 3.8) is 0 Å². The van der Waals surface area contributed by atoms with Crippen LogP contribution in [-0.2, 0) is 18.8 Å². The molecule has 0 spiro atoms. The molecule has 1 rings (SSSR count). The van der Waals surface area contributed by atoms with Gasteiger partial charge in [0.1, 0.15) is 0 Å². The molecule has 1 aliphatic rings. The van der Waals surface area contributed by atoms with Crippen LogP contribution in [-0.4, -0.2) is 27.4 Å². The third kappa shape index (κ3) is 3.90. The van der Waals surface area contributed by atoms with Crippen LogP contribution in [0.15, 0.2) is 12.2 Å². The highest BCUT2D eigenvalue weighted by molar-refractivity contribution is 6.71. The molecular formula is C11H18O4Si. The number of ether oxygens (including phenoxy) is 1. The van der Waals surface area contributed by atoms with Crippen molar-refractivity contribution >= 4 is 20.3 Å². The third-order valence-electron chi connectivity index (χ3n) is 2.71. The lowest BCUT2D eigenvalue weighted by Crippen LogP contribution is -2.27. The molecule has 1 saturated heterocycles. The van der Waals surface area contributed by atoms with E-state index in [9.17, 15) is 9.59 Å². The molecule has 16 heavy (non-hydrogen) atoms. The number of allylic oxidation sites excluding steroid dienone is 2. The van der Waals surface area contributed by atoms with Crippen molar-refractivity contribution in [3.8, 4) is 0 Å². The predicted octanol–water partition coefficient (Wildman–Crippen LogP) is 1.87. The Labute approximate surface area is 96.7 Å². The van der Waals surface area contributed by atoms with Crippen LogP contribution in [0.4, 0.5) is 0 Å². The largest absolute Gasteiger partial charge is 0.420 e. The summed E-state index contributed by atoms with van der Waals surface area (Å²) in [6.45, 7) is 4.26. The maximum atomic E-state index is 11.1. The number of rotatable bonds is 5. The lowest BCUT2D eigenvalue weighted by molar-refractivity contribution is -0.153. The molecule has 0 aromatic carbocycles. The number of carbonyl (C=O) groups is 2. The normalized spacial score (nSPS) is 21.8. The number of cyclic esters (lactones) is 2. The molecule has 1 fully saturated rings. The van der Waals surface area contributed by atoms with Gasteiger partial charge in [0.2, 0.25) is 0 Å². The van der Waals surface area contributed by atoms with E-state index in [0.717, 1.165) is 6.04 Å². The Hall–Kier alpha value is -0.943. The summed E-state index contributed by atoms with van der Waals surface area (Å²) in [7, 11) is 0.175. The van der Waals surface area contributed by atoms with Gasteiger partial charge in [0.05, 0.1) is 12.3 Å². The molecule has 1 unspecified atom stereocenters. The molecule has 0 N–H and O–H groups in total. The SMILES string of the molecule is CO[Si](C)(C)CC=CCC1CC(=O)OC1=O. The molecule has 0 aromatic rings. The highest BCUT2D eigenvalue weighted by Crippen LogP contribution is 2.20. The lowest BCUT2D eigenvalue weighted by atomic mass is 10.0. The number of esters is 2. The van der Waals surface area contributed by atoms with E-state index in [-0.39, 0.29) is 12.3 Å². The molecule has 1 atom stereocenters. The Bertz CT molecular complexity index is 309. The van der Waals surface area contributed by atoms with E-state index in [4.69, 9.17) is 4.43 Å². The molecule has 0 amide bonds. The highest BCUT2D eigenvalue weighted by Gasteiger charge is 2.32. The van der Waals surface area contributed by atoms with Crippen molar-refractivity contribution in [1.29, 1.82) is 0 Å². The Morgan fingerprint density at radius 1 is 1.44 bits per heavy atom. The topological polar surface area (TPSA) is 52.6 Å². The smallest absolute Gasteiger partial charge is 0.317 e. The predicted molar refractivity (Wildman–Crippen MR) is 62.3 cm³/mol. The molecule has 4 nitrogen and oxygen atoms in total. The maximum absolute atomic E-state index is 11.1. The van der Waals surface area contributed by atoms with Crippen LogP contribution in [0.1, 0.15) is 12.8 Å². The quantitative estimate of drug-likeness (QED) is 0.320. The number of hydrogen-bond donors (Lipinski definition) is 0. The highest BCUT2D eigenvalue weighted by atomic mass is 28.4. The summed E-state index contributed by atoms with van der Waals surface area (Å²) in [6, 6.07) is 0.916. The molecule has 0 saturated carbocycles. The maximum Gasteiger partial charge on any atom is 0.317 e. The zero-order chi connectivity index (χ0) is 12.2. The summed E-state index contributed by atoms with van der Waals surface area (Å²) in [5.41, 5.74) is 0. The molecule has 0 aromatic heterocycles. The van der Waals surface area contributed by atoms with E-state index in [1.165, 1.54) is 0 Å². The zero-order valence-electron chi connectivity index (χ0n) is 9.99. The first-order valence-corrected chi connectivity index (χ1v) is 8.51. The second-order valence-corrected chi connectivity index (χ2v) is 8.91. The average Bonchev–Trinajstić information content (AvgIpc) is 2.52. The first-order chi connectivity index (χ1) is 7.44. The minimum absolute atomic E-state index is 0.217. The van der Waals surface area contributed by atoms with Gasteiger partial charge in [0.25, 0.3) is 0 Å². The average molecular weight is 242 g/mol. The van der Waals surface area contributed by atoms with Crippen LogP contribution in [0.5, 0.6) is 0 Å². The second-order valence-electron chi connectivity index (χ2n) is 4.57. The molecule has 90 valence electrons. The van der Waals surface area contributed by atoms with Crippen LogP contribution < -0.4 is 0 Å². The summed E-state index contributed by atoms with van der Waals surface area (Å²) in [5, 5.41) is 0. The van der Waals surface area contributed by atoms with Gasteiger partial charge >= 0.3 is 11.9 Å². The van der Waals surface area contributed by atoms with Crippen LogP contribution in [0.25, 0.3) is 0 Å². The molecule has 0 bridgehead atoms. The first kappa shape index (κ1) is 13.1. The number of carbonyl (C=O) groups excluding carboxylic acids is 2. The molecular weight excluding hydrogens is 224 g/mol. The van der Waals surface area contributed by atoms with Gasteiger partial charge in [0.15, 0.2) is 8.32 Å². The summed E-state index contributed by atoms with van der Waals surface area (Å²) in [4.78, 5) is 22.0. The minimum Gasteiger partial charge on any atom is -0.420 e. The van der Waals surface area contributed by atoms with Crippen LogP contribution in [0.3, 0.4) is 0 Å². The summed E-state index contributed by atoms with van der Waals surface area (Å²) < 4.78 is 9.85. The van der Waals surface area contributed by atoms with Gasteiger partial charge in [-0.05, 0) is 25.6 Å². The van der Waals surface area contributed by atoms with E-state index < -0.39 is 20.3 Å². The van der Waals surface area contributed by atoms with Gasteiger partial charge in [0, 0.05) is 7.11 Å². The van der Waals surface area contributed by atoms with Gasteiger partial charge in [-0.25, -0.2) is 0 Å². The third-order valence-corrected chi connectivity index (χ3v) is 5.03. The van der Waals surface area contributed by atoms with E-state index in [1.807, 2.05) is 12.2 Å². The fraction of sp³-hybridized carbons (Fsp3) is 0.636. The van der Waals surface area contributed by atoms with E-state index in [0.29, 0.717) is 6.42 Å². The molecule has 1 heterocycles. The fourth-order valence-electron chi connectivity index (χ4n) is 1.41. The number of hydrogen-bond acceptors (Lipinski definition) is 4. The van der Waals surface area contributed by atoms with Crippen molar-refractivity contribution < 1.29 is 18.8 Å². The van der Waals surface area contributed by atoms with Crippen LogP contribution in [0.2, 0.25) is 19.1 Å². The summed E-state index contributed by atoms with van der Waals surface area (Å²) in [5.74, 6) is -1.08. The van der Waals surface area contributed by atoms with E-state index >= 15 is 0 Å². The van der Waals surface area contributed by atoms with Crippen molar-refractivity contribution in [1.82, 2.24) is 0 Å². The van der Waals surface area contributed by atoms with Gasteiger partial charge in [-0.15, -0.1) is 0 Å². The lowest BCUT2D eigenvalue weighted by Gasteiger charge is -2.17. The van der Waals surface area contributed by atoms with Gasteiger partial charge in [-0.1, -0.05) is 12.2 Å². The Morgan fingerprint density at radius 3 is 2.62 bits per heavy atom. The van der Waals surface area contributed by atoms with Crippen molar-refractivity contribution in [2.24, 2.45) is 5.92 Å². The van der Waals surface area contributed by atoms with Crippen molar-refractivity contribution in [3.05, 3.63) is 12.2 Å². The Morgan fingerprint density at radius 2 is 2.12 bits per heavy atom. The monoisotopic (exact) mass is 242 g/mol. The second kappa shape index (κ2) is 5.40. The Balaban J connectivity index is 2.32. The molecule has 1 aliphatic heterocycles. The van der Waals surface area contributed by atoms with Crippen molar-refractivity contribution in [2.75, 3.05) is 7.11 Å². The van der Waals surface area contributed by atoms with Gasteiger partial charge in [-0.2, -0.15) is 0 Å². The Kier molecular flexibility index (Phi) is 4.43.